The van der Waals surface area contributed by atoms with Crippen LogP contribution in [0.15, 0.2) is 24.3 Å². The van der Waals surface area contributed by atoms with E-state index in [2.05, 4.69) is 0 Å². The highest BCUT2D eigenvalue weighted by Crippen LogP contribution is 2.21. The number of carbonyl (C=O) groups excluding carboxylic acids is 2. The Labute approximate surface area is 130 Å². The van der Waals surface area contributed by atoms with Gasteiger partial charge in [0.15, 0.2) is 0 Å². The molecule has 0 spiro atoms. The molecule has 0 radical (unpaired) electrons. The standard InChI is InChI=1S/C17H22O5/c1-12-8-10-14(11-9-12)16(18)20-13(2)21-17(19)22-15-6-4-3-5-7-15/h8-11,13,15H,3-7H2,1-2H3. The summed E-state index contributed by atoms with van der Waals surface area (Å²) in [5, 5.41) is 0. The third kappa shape index (κ3) is 5.06. The molecule has 0 bridgehead atoms. The van der Waals surface area contributed by atoms with Crippen LogP contribution >= 0.6 is 0 Å². The molecule has 0 aliphatic heterocycles. The van der Waals surface area contributed by atoms with Crippen LogP contribution in [0.5, 0.6) is 0 Å². The molecule has 1 atom stereocenters. The number of rotatable bonds is 4. The lowest BCUT2D eigenvalue weighted by molar-refractivity contribution is -0.0914. The van der Waals surface area contributed by atoms with Crippen molar-refractivity contribution in [3.8, 4) is 0 Å². The molecule has 0 heterocycles. The summed E-state index contributed by atoms with van der Waals surface area (Å²) in [7, 11) is 0. The van der Waals surface area contributed by atoms with Gasteiger partial charge in [-0.25, -0.2) is 9.59 Å². The lowest BCUT2D eigenvalue weighted by atomic mass is 9.98. The highest BCUT2D eigenvalue weighted by atomic mass is 16.8. The monoisotopic (exact) mass is 306 g/mol. The minimum Gasteiger partial charge on any atom is -0.431 e. The molecule has 0 amide bonds. The van der Waals surface area contributed by atoms with E-state index in [9.17, 15) is 9.59 Å². The summed E-state index contributed by atoms with van der Waals surface area (Å²) in [5.74, 6) is -0.530. The molecule has 2 rings (SSSR count). The highest BCUT2D eigenvalue weighted by Gasteiger charge is 2.21. The molecule has 0 aromatic heterocycles. The Kier molecular flexibility index (Phi) is 5.81. The van der Waals surface area contributed by atoms with E-state index in [-0.39, 0.29) is 6.10 Å². The molecular formula is C17H22O5. The minimum atomic E-state index is -0.982. The Balaban J connectivity index is 1.76. The number of esters is 1. The van der Waals surface area contributed by atoms with Gasteiger partial charge in [-0.1, -0.05) is 24.1 Å². The second kappa shape index (κ2) is 7.82. The molecule has 120 valence electrons. The predicted octanol–water partition coefficient (Wildman–Crippen LogP) is 3.98. The number of hydrogen-bond donors (Lipinski definition) is 0. The zero-order valence-corrected chi connectivity index (χ0v) is 13.0. The van der Waals surface area contributed by atoms with Crippen molar-refractivity contribution in [2.75, 3.05) is 0 Å². The summed E-state index contributed by atoms with van der Waals surface area (Å²) in [6.07, 6.45) is 3.20. The Morgan fingerprint density at radius 2 is 1.68 bits per heavy atom. The first-order chi connectivity index (χ1) is 10.5. The maximum absolute atomic E-state index is 11.9. The Bertz CT molecular complexity index is 502. The molecule has 0 saturated heterocycles. The van der Waals surface area contributed by atoms with Gasteiger partial charge in [0.1, 0.15) is 6.10 Å². The van der Waals surface area contributed by atoms with Crippen LogP contribution in [0.3, 0.4) is 0 Å². The van der Waals surface area contributed by atoms with Gasteiger partial charge in [0.05, 0.1) is 5.56 Å². The highest BCUT2D eigenvalue weighted by molar-refractivity contribution is 5.89. The average Bonchev–Trinajstić information content (AvgIpc) is 2.48. The molecule has 1 fully saturated rings. The normalized spacial score (nSPS) is 16.6. The largest absolute Gasteiger partial charge is 0.511 e. The van der Waals surface area contributed by atoms with Gasteiger partial charge in [0.2, 0.25) is 6.29 Å². The van der Waals surface area contributed by atoms with Crippen LogP contribution in [0.4, 0.5) is 4.79 Å². The summed E-state index contributed by atoms with van der Waals surface area (Å²) in [4.78, 5) is 23.5. The fraction of sp³-hybridized carbons (Fsp3) is 0.529. The summed E-state index contributed by atoms with van der Waals surface area (Å²) < 4.78 is 15.3. The van der Waals surface area contributed by atoms with Crippen molar-refractivity contribution >= 4 is 12.1 Å². The van der Waals surface area contributed by atoms with Gasteiger partial charge in [-0.05, 0) is 44.7 Å². The topological polar surface area (TPSA) is 61.8 Å². The number of aryl methyl sites for hydroxylation is 1. The van der Waals surface area contributed by atoms with Crippen LogP contribution in [0.25, 0.3) is 0 Å². The third-order valence-corrected chi connectivity index (χ3v) is 3.64. The van der Waals surface area contributed by atoms with Crippen molar-refractivity contribution in [3.05, 3.63) is 35.4 Å². The van der Waals surface area contributed by atoms with E-state index < -0.39 is 18.4 Å². The zero-order chi connectivity index (χ0) is 15.9. The summed E-state index contributed by atoms with van der Waals surface area (Å²) in [5.41, 5.74) is 1.47. The van der Waals surface area contributed by atoms with E-state index in [0.717, 1.165) is 31.2 Å². The van der Waals surface area contributed by atoms with Crippen molar-refractivity contribution < 1.29 is 23.8 Å². The van der Waals surface area contributed by atoms with Crippen LogP contribution in [0.2, 0.25) is 0 Å². The van der Waals surface area contributed by atoms with Crippen LogP contribution in [-0.2, 0) is 14.2 Å². The van der Waals surface area contributed by atoms with Crippen molar-refractivity contribution in [1.29, 1.82) is 0 Å². The van der Waals surface area contributed by atoms with Gasteiger partial charge in [-0.3, -0.25) is 0 Å². The first-order valence-corrected chi connectivity index (χ1v) is 7.69. The van der Waals surface area contributed by atoms with Crippen LogP contribution in [-0.4, -0.2) is 24.5 Å². The Morgan fingerprint density at radius 1 is 1.05 bits per heavy atom. The van der Waals surface area contributed by atoms with Gasteiger partial charge in [-0.15, -0.1) is 0 Å². The van der Waals surface area contributed by atoms with Crippen LogP contribution < -0.4 is 0 Å². The van der Waals surface area contributed by atoms with Crippen molar-refractivity contribution in [1.82, 2.24) is 0 Å². The maximum atomic E-state index is 11.9. The van der Waals surface area contributed by atoms with Crippen LogP contribution in [0.1, 0.15) is 54.9 Å². The van der Waals surface area contributed by atoms with E-state index in [0.29, 0.717) is 5.56 Å². The molecular weight excluding hydrogens is 284 g/mol. The summed E-state index contributed by atoms with van der Waals surface area (Å²) in [6, 6.07) is 6.98. The number of benzene rings is 1. The van der Waals surface area contributed by atoms with E-state index >= 15 is 0 Å². The molecule has 5 nitrogen and oxygen atoms in total. The van der Waals surface area contributed by atoms with Gasteiger partial charge in [-0.2, -0.15) is 0 Å². The van der Waals surface area contributed by atoms with Crippen molar-refractivity contribution in [2.24, 2.45) is 0 Å². The third-order valence-electron chi connectivity index (χ3n) is 3.64. The molecule has 1 unspecified atom stereocenters. The lowest BCUT2D eigenvalue weighted by Crippen LogP contribution is -2.26. The van der Waals surface area contributed by atoms with Crippen LogP contribution in [0, 0.1) is 6.92 Å². The first kappa shape index (κ1) is 16.3. The second-order valence-electron chi connectivity index (χ2n) is 5.58. The number of ether oxygens (including phenoxy) is 3. The van der Waals surface area contributed by atoms with Crippen molar-refractivity contribution in [3.63, 3.8) is 0 Å². The zero-order valence-electron chi connectivity index (χ0n) is 13.0. The summed E-state index contributed by atoms with van der Waals surface area (Å²) in [6.45, 7) is 3.43. The van der Waals surface area contributed by atoms with Crippen molar-refractivity contribution in [2.45, 2.75) is 58.3 Å². The molecule has 1 saturated carbocycles. The predicted molar refractivity (Wildman–Crippen MR) is 80.5 cm³/mol. The average molecular weight is 306 g/mol. The number of carbonyl (C=O) groups is 2. The Morgan fingerprint density at radius 3 is 2.32 bits per heavy atom. The number of hydrogen-bond acceptors (Lipinski definition) is 5. The van der Waals surface area contributed by atoms with E-state index in [1.165, 1.54) is 13.3 Å². The van der Waals surface area contributed by atoms with E-state index in [1.54, 1.807) is 12.1 Å². The molecule has 22 heavy (non-hydrogen) atoms. The SMILES string of the molecule is Cc1ccc(C(=O)OC(C)OC(=O)OC2CCCCC2)cc1. The molecule has 5 heteroatoms. The van der Waals surface area contributed by atoms with E-state index in [4.69, 9.17) is 14.2 Å². The quantitative estimate of drug-likeness (QED) is 0.622. The molecule has 1 aromatic rings. The fourth-order valence-electron chi connectivity index (χ4n) is 2.41. The minimum absolute atomic E-state index is 0.0822. The van der Waals surface area contributed by atoms with Gasteiger partial charge < -0.3 is 14.2 Å². The smallest absolute Gasteiger partial charge is 0.431 e. The Hall–Kier alpha value is -2.04. The second-order valence-corrected chi connectivity index (χ2v) is 5.58. The van der Waals surface area contributed by atoms with E-state index in [1.807, 2.05) is 19.1 Å². The molecule has 1 aliphatic rings. The molecule has 1 aliphatic carbocycles. The summed E-state index contributed by atoms with van der Waals surface area (Å²) >= 11 is 0. The van der Waals surface area contributed by atoms with Gasteiger partial charge in [0, 0.05) is 6.92 Å². The molecule has 0 N–H and O–H groups in total. The maximum Gasteiger partial charge on any atom is 0.511 e. The lowest BCUT2D eigenvalue weighted by Gasteiger charge is -2.22. The molecule has 1 aromatic carbocycles. The fourth-order valence-corrected chi connectivity index (χ4v) is 2.41. The first-order valence-electron chi connectivity index (χ1n) is 7.69. The van der Waals surface area contributed by atoms with Gasteiger partial charge >= 0.3 is 12.1 Å². The van der Waals surface area contributed by atoms with Gasteiger partial charge in [0.25, 0.3) is 0 Å².